The van der Waals surface area contributed by atoms with Gasteiger partial charge in [-0.15, -0.1) is 0 Å². The highest BCUT2D eigenvalue weighted by Crippen LogP contribution is 2.22. The molecule has 1 aromatic rings. The van der Waals surface area contributed by atoms with Gasteiger partial charge >= 0.3 is 0 Å². The molecule has 3 nitrogen and oxygen atoms in total. The van der Waals surface area contributed by atoms with Crippen molar-refractivity contribution >= 4 is 17.5 Å². The third-order valence-corrected chi connectivity index (χ3v) is 2.57. The Kier molecular flexibility index (Phi) is 5.12. The van der Waals surface area contributed by atoms with Crippen LogP contribution in [0.3, 0.4) is 0 Å². The number of hydrogen-bond donors (Lipinski definition) is 1. The van der Waals surface area contributed by atoms with Gasteiger partial charge in [0, 0.05) is 18.0 Å². The zero-order valence-corrected chi connectivity index (χ0v) is 10.3. The number of hydrogen-bond acceptors (Lipinski definition) is 2. The van der Waals surface area contributed by atoms with Crippen LogP contribution in [0.25, 0.3) is 0 Å². The second-order valence-electron chi connectivity index (χ2n) is 3.48. The predicted octanol–water partition coefficient (Wildman–Crippen LogP) is 2.76. The first-order valence-corrected chi connectivity index (χ1v) is 5.64. The summed E-state index contributed by atoms with van der Waals surface area (Å²) < 4.78 is 5.04. The van der Waals surface area contributed by atoms with E-state index in [-0.39, 0.29) is 5.91 Å². The lowest BCUT2D eigenvalue weighted by atomic mass is 10.2. The Hall–Kier alpha value is -1.22. The van der Waals surface area contributed by atoms with Crippen LogP contribution in [0.2, 0.25) is 5.02 Å². The van der Waals surface area contributed by atoms with Gasteiger partial charge in [-0.2, -0.15) is 0 Å². The molecule has 0 aliphatic rings. The van der Waals surface area contributed by atoms with Crippen molar-refractivity contribution < 1.29 is 9.53 Å². The molecule has 0 radical (unpaired) electrons. The van der Waals surface area contributed by atoms with Crippen molar-refractivity contribution in [3.05, 3.63) is 28.8 Å². The maximum absolute atomic E-state index is 11.3. The van der Waals surface area contributed by atoms with Crippen molar-refractivity contribution in [2.45, 2.75) is 26.3 Å². The van der Waals surface area contributed by atoms with E-state index in [1.165, 1.54) is 0 Å². The molecule has 0 saturated carbocycles. The number of carbonyl (C=O) groups excluding carboxylic acids is 1. The molecule has 0 heterocycles. The average molecular weight is 242 g/mol. The Balaban J connectivity index is 2.57. The monoisotopic (exact) mass is 241 g/mol. The highest BCUT2D eigenvalue weighted by atomic mass is 35.5. The molecule has 0 bridgehead atoms. The van der Waals surface area contributed by atoms with Gasteiger partial charge in [-0.05, 0) is 24.1 Å². The molecule has 1 rings (SSSR count). The topological polar surface area (TPSA) is 38.3 Å². The second kappa shape index (κ2) is 6.38. The molecule has 0 aliphatic heterocycles. The molecular weight excluding hydrogens is 226 g/mol. The maximum atomic E-state index is 11.3. The predicted molar refractivity (Wildman–Crippen MR) is 64.8 cm³/mol. The Morgan fingerprint density at radius 2 is 2.25 bits per heavy atom. The Bertz CT molecular complexity index is 366. The van der Waals surface area contributed by atoms with Crippen LogP contribution in [0.1, 0.15) is 25.3 Å². The van der Waals surface area contributed by atoms with Crippen molar-refractivity contribution in [3.63, 3.8) is 0 Å². The molecule has 88 valence electrons. The third-order valence-electron chi connectivity index (χ3n) is 2.21. The highest BCUT2D eigenvalue weighted by molar-refractivity contribution is 6.31. The van der Waals surface area contributed by atoms with Crippen LogP contribution in [0.15, 0.2) is 18.2 Å². The first-order valence-electron chi connectivity index (χ1n) is 5.26. The maximum Gasteiger partial charge on any atom is 0.220 e. The number of carbonyl (C=O) groups is 1. The van der Waals surface area contributed by atoms with Crippen LogP contribution < -0.4 is 10.1 Å². The Morgan fingerprint density at radius 3 is 2.81 bits per heavy atom. The number of benzene rings is 1. The minimum Gasteiger partial charge on any atom is -0.497 e. The van der Waals surface area contributed by atoms with E-state index in [1.54, 1.807) is 13.2 Å². The SMILES string of the molecule is CCCC(=O)NCc1ccc(OC)cc1Cl. The van der Waals surface area contributed by atoms with E-state index in [0.717, 1.165) is 12.0 Å². The van der Waals surface area contributed by atoms with Gasteiger partial charge in [0.15, 0.2) is 0 Å². The molecule has 0 aromatic heterocycles. The smallest absolute Gasteiger partial charge is 0.220 e. The molecule has 0 fully saturated rings. The summed E-state index contributed by atoms with van der Waals surface area (Å²) in [7, 11) is 1.59. The molecule has 1 aromatic carbocycles. The van der Waals surface area contributed by atoms with Crippen molar-refractivity contribution in [1.29, 1.82) is 0 Å². The summed E-state index contributed by atoms with van der Waals surface area (Å²) in [6, 6.07) is 5.42. The third kappa shape index (κ3) is 3.74. The minimum atomic E-state index is 0.0504. The zero-order chi connectivity index (χ0) is 12.0. The van der Waals surface area contributed by atoms with E-state index >= 15 is 0 Å². The summed E-state index contributed by atoms with van der Waals surface area (Å²) in [6.45, 7) is 2.43. The summed E-state index contributed by atoms with van der Waals surface area (Å²) in [4.78, 5) is 11.3. The van der Waals surface area contributed by atoms with Gasteiger partial charge in [-0.1, -0.05) is 24.6 Å². The standard InChI is InChI=1S/C12H16ClNO2/c1-3-4-12(15)14-8-9-5-6-10(16-2)7-11(9)13/h5-7H,3-4,8H2,1-2H3,(H,14,15). The summed E-state index contributed by atoms with van der Waals surface area (Å²) in [5.74, 6) is 0.767. The molecule has 0 atom stereocenters. The van der Waals surface area contributed by atoms with Gasteiger partial charge < -0.3 is 10.1 Å². The molecule has 0 spiro atoms. The summed E-state index contributed by atoms with van der Waals surface area (Å²) >= 11 is 6.04. The minimum absolute atomic E-state index is 0.0504. The number of nitrogens with one attached hydrogen (secondary N) is 1. The van der Waals surface area contributed by atoms with Gasteiger partial charge in [0.25, 0.3) is 0 Å². The van der Waals surface area contributed by atoms with Crippen LogP contribution in [-0.4, -0.2) is 13.0 Å². The summed E-state index contributed by atoms with van der Waals surface area (Å²) in [5.41, 5.74) is 0.895. The first kappa shape index (κ1) is 12.8. The molecule has 0 unspecified atom stereocenters. The molecule has 16 heavy (non-hydrogen) atoms. The van der Waals surface area contributed by atoms with Crippen LogP contribution in [0.4, 0.5) is 0 Å². The Labute approximate surface area is 101 Å². The molecule has 0 saturated heterocycles. The number of ether oxygens (including phenoxy) is 1. The van der Waals surface area contributed by atoms with Gasteiger partial charge in [0.2, 0.25) is 5.91 Å². The van der Waals surface area contributed by atoms with Gasteiger partial charge in [-0.25, -0.2) is 0 Å². The van der Waals surface area contributed by atoms with Gasteiger partial charge in [-0.3, -0.25) is 4.79 Å². The first-order chi connectivity index (χ1) is 7.67. The lowest BCUT2D eigenvalue weighted by molar-refractivity contribution is -0.121. The lowest BCUT2D eigenvalue weighted by Crippen LogP contribution is -2.22. The number of halogens is 1. The van der Waals surface area contributed by atoms with E-state index < -0.39 is 0 Å². The zero-order valence-electron chi connectivity index (χ0n) is 9.55. The van der Waals surface area contributed by atoms with E-state index in [4.69, 9.17) is 16.3 Å². The van der Waals surface area contributed by atoms with Crippen LogP contribution in [0.5, 0.6) is 5.75 Å². The van der Waals surface area contributed by atoms with E-state index in [0.29, 0.717) is 23.7 Å². The average Bonchev–Trinajstić information content (AvgIpc) is 2.27. The van der Waals surface area contributed by atoms with Gasteiger partial charge in [0.1, 0.15) is 5.75 Å². The normalized spacial score (nSPS) is 9.94. The number of amides is 1. The van der Waals surface area contributed by atoms with Crippen LogP contribution in [0, 0.1) is 0 Å². The molecule has 1 N–H and O–H groups in total. The highest BCUT2D eigenvalue weighted by Gasteiger charge is 2.04. The van der Waals surface area contributed by atoms with Crippen molar-refractivity contribution in [1.82, 2.24) is 5.32 Å². The molecule has 0 aliphatic carbocycles. The second-order valence-corrected chi connectivity index (χ2v) is 3.89. The Morgan fingerprint density at radius 1 is 1.50 bits per heavy atom. The fourth-order valence-electron chi connectivity index (χ4n) is 1.31. The summed E-state index contributed by atoms with van der Waals surface area (Å²) in [5, 5.41) is 3.42. The fourth-order valence-corrected chi connectivity index (χ4v) is 1.54. The number of methoxy groups -OCH3 is 1. The van der Waals surface area contributed by atoms with E-state index in [2.05, 4.69) is 5.32 Å². The van der Waals surface area contributed by atoms with Crippen molar-refractivity contribution in [2.75, 3.05) is 7.11 Å². The quantitative estimate of drug-likeness (QED) is 0.861. The molecule has 1 amide bonds. The fraction of sp³-hybridized carbons (Fsp3) is 0.417. The van der Waals surface area contributed by atoms with Crippen molar-refractivity contribution in [3.8, 4) is 5.75 Å². The van der Waals surface area contributed by atoms with Gasteiger partial charge in [0.05, 0.1) is 7.11 Å². The van der Waals surface area contributed by atoms with Crippen LogP contribution in [-0.2, 0) is 11.3 Å². The van der Waals surface area contributed by atoms with Crippen molar-refractivity contribution in [2.24, 2.45) is 0 Å². The molecular formula is C12H16ClNO2. The van der Waals surface area contributed by atoms with E-state index in [9.17, 15) is 4.79 Å². The van der Waals surface area contributed by atoms with E-state index in [1.807, 2.05) is 19.1 Å². The molecule has 4 heteroatoms. The number of rotatable bonds is 5. The summed E-state index contributed by atoms with van der Waals surface area (Å²) in [6.07, 6.45) is 1.40. The van der Waals surface area contributed by atoms with Crippen LogP contribution >= 0.6 is 11.6 Å². The largest absolute Gasteiger partial charge is 0.497 e. The lowest BCUT2D eigenvalue weighted by Gasteiger charge is -2.08.